The quantitative estimate of drug-likeness (QED) is 0.690. The van der Waals surface area contributed by atoms with E-state index < -0.39 is 0 Å². The van der Waals surface area contributed by atoms with E-state index in [9.17, 15) is 0 Å². The van der Waals surface area contributed by atoms with Gasteiger partial charge in [-0.25, -0.2) is 9.97 Å². The Balaban J connectivity index is 1.97. The molecule has 1 unspecified atom stereocenters. The Morgan fingerprint density at radius 3 is 2.76 bits per heavy atom. The molecule has 0 aliphatic heterocycles. The average Bonchev–Trinajstić information content (AvgIpc) is 2.84. The lowest BCUT2D eigenvalue weighted by Crippen LogP contribution is -2.07. The van der Waals surface area contributed by atoms with Gasteiger partial charge in [0.15, 0.2) is 5.65 Å². The van der Waals surface area contributed by atoms with Gasteiger partial charge < -0.3 is 4.57 Å². The van der Waals surface area contributed by atoms with Crippen LogP contribution < -0.4 is 0 Å². The summed E-state index contributed by atoms with van der Waals surface area (Å²) >= 11 is 6.28. The lowest BCUT2D eigenvalue weighted by atomic mass is 10.2. The number of halogens is 1. The normalized spacial score (nSPS) is 12.7. The highest BCUT2D eigenvalue weighted by Gasteiger charge is 2.15. The van der Waals surface area contributed by atoms with Crippen LogP contribution in [0, 0.1) is 6.92 Å². The smallest absolute Gasteiger partial charge is 0.160 e. The first kappa shape index (κ1) is 14.0. The molecule has 0 aromatic carbocycles. The monoisotopic (exact) mass is 300 g/mol. The molecule has 0 fully saturated rings. The van der Waals surface area contributed by atoms with E-state index in [2.05, 4.69) is 19.5 Å². The molecule has 0 saturated carbocycles. The molecule has 3 aromatic heterocycles. The molecule has 0 amide bonds. The summed E-state index contributed by atoms with van der Waals surface area (Å²) in [5.74, 6) is 0.874. The summed E-state index contributed by atoms with van der Waals surface area (Å²) in [7, 11) is 0. The molecule has 1 atom stereocenters. The van der Waals surface area contributed by atoms with E-state index in [1.165, 1.54) is 5.56 Å². The Hall–Kier alpha value is -1.94. The molecular formula is C16H17ClN4. The molecule has 4 nitrogen and oxygen atoms in total. The number of alkyl halides is 1. The first-order valence-corrected chi connectivity index (χ1v) is 7.44. The Kier molecular flexibility index (Phi) is 3.88. The Morgan fingerprint density at radius 2 is 2.05 bits per heavy atom. The van der Waals surface area contributed by atoms with Crippen LogP contribution in [0.2, 0.25) is 0 Å². The van der Waals surface area contributed by atoms with Crippen molar-refractivity contribution < 1.29 is 0 Å². The van der Waals surface area contributed by atoms with E-state index in [0.717, 1.165) is 35.5 Å². The summed E-state index contributed by atoms with van der Waals surface area (Å²) in [6.45, 7) is 4.77. The van der Waals surface area contributed by atoms with Gasteiger partial charge >= 0.3 is 0 Å². The van der Waals surface area contributed by atoms with Crippen molar-refractivity contribution in [3.05, 3.63) is 53.7 Å². The predicted octanol–water partition coefficient (Wildman–Crippen LogP) is 3.68. The zero-order chi connectivity index (χ0) is 14.8. The Bertz CT molecular complexity index is 750. The van der Waals surface area contributed by atoms with Gasteiger partial charge in [-0.15, -0.1) is 11.6 Å². The van der Waals surface area contributed by atoms with Gasteiger partial charge in [0, 0.05) is 25.1 Å². The van der Waals surface area contributed by atoms with E-state index in [-0.39, 0.29) is 5.38 Å². The molecule has 3 rings (SSSR count). The van der Waals surface area contributed by atoms with Crippen LogP contribution in [-0.2, 0) is 13.0 Å². The number of imidazole rings is 1. The van der Waals surface area contributed by atoms with E-state index in [0.29, 0.717) is 0 Å². The standard InChI is InChI=1S/C16H17ClN4/c1-11-9-14-16(19-10-11)21(15(20-14)12(2)17)8-5-13-3-6-18-7-4-13/h3-4,6-7,9-10,12H,5,8H2,1-2H3. The van der Waals surface area contributed by atoms with Crippen molar-refractivity contribution >= 4 is 22.8 Å². The van der Waals surface area contributed by atoms with Gasteiger partial charge in [0.1, 0.15) is 11.3 Å². The third-order valence-corrected chi connectivity index (χ3v) is 3.68. The van der Waals surface area contributed by atoms with Crippen molar-refractivity contribution in [2.75, 3.05) is 0 Å². The van der Waals surface area contributed by atoms with Gasteiger partial charge in [0.05, 0.1) is 5.38 Å². The van der Waals surface area contributed by atoms with Crippen LogP contribution in [-0.4, -0.2) is 19.5 Å². The Labute approximate surface area is 128 Å². The lowest BCUT2D eigenvalue weighted by molar-refractivity contribution is 0.663. The topological polar surface area (TPSA) is 43.6 Å². The molecule has 0 aliphatic rings. The maximum atomic E-state index is 6.28. The van der Waals surface area contributed by atoms with E-state index in [4.69, 9.17) is 11.6 Å². The summed E-state index contributed by atoms with van der Waals surface area (Å²) < 4.78 is 2.12. The molecule has 0 aliphatic carbocycles. The van der Waals surface area contributed by atoms with Crippen molar-refractivity contribution in [2.45, 2.75) is 32.2 Å². The molecule has 0 radical (unpaired) electrons. The number of rotatable bonds is 4. The summed E-state index contributed by atoms with van der Waals surface area (Å²) in [6, 6.07) is 6.11. The zero-order valence-electron chi connectivity index (χ0n) is 12.1. The summed E-state index contributed by atoms with van der Waals surface area (Å²) in [6.07, 6.45) is 6.40. The van der Waals surface area contributed by atoms with Gasteiger partial charge in [-0.1, -0.05) is 0 Å². The minimum Gasteiger partial charge on any atom is -0.311 e. The number of pyridine rings is 2. The molecule has 0 bridgehead atoms. The van der Waals surface area contributed by atoms with Crippen LogP contribution in [0.3, 0.4) is 0 Å². The number of nitrogens with zero attached hydrogens (tertiary/aromatic N) is 4. The summed E-state index contributed by atoms with van der Waals surface area (Å²) in [4.78, 5) is 13.2. The highest BCUT2D eigenvalue weighted by atomic mass is 35.5. The molecule has 21 heavy (non-hydrogen) atoms. The number of fused-ring (bicyclic) bond motifs is 1. The predicted molar refractivity (Wildman–Crippen MR) is 84.5 cm³/mol. The molecule has 3 heterocycles. The molecule has 3 aromatic rings. The number of hydrogen-bond acceptors (Lipinski definition) is 3. The average molecular weight is 301 g/mol. The summed E-state index contributed by atoms with van der Waals surface area (Å²) in [5.41, 5.74) is 4.16. The fraction of sp³-hybridized carbons (Fsp3) is 0.312. The first-order valence-electron chi connectivity index (χ1n) is 7.01. The molecule has 0 N–H and O–H groups in total. The van der Waals surface area contributed by atoms with E-state index in [1.807, 2.05) is 50.6 Å². The second-order valence-corrected chi connectivity index (χ2v) is 5.85. The highest BCUT2D eigenvalue weighted by Crippen LogP contribution is 2.24. The van der Waals surface area contributed by atoms with Gasteiger partial charge in [0.25, 0.3) is 0 Å². The molecule has 0 saturated heterocycles. The van der Waals surface area contributed by atoms with Crippen molar-refractivity contribution in [3.63, 3.8) is 0 Å². The molecule has 108 valence electrons. The van der Waals surface area contributed by atoms with Gasteiger partial charge in [0.2, 0.25) is 0 Å². The van der Waals surface area contributed by atoms with Crippen LogP contribution in [0.5, 0.6) is 0 Å². The Morgan fingerprint density at radius 1 is 1.29 bits per heavy atom. The molecule has 0 spiro atoms. The van der Waals surface area contributed by atoms with Crippen LogP contribution in [0.25, 0.3) is 11.2 Å². The maximum absolute atomic E-state index is 6.28. The van der Waals surface area contributed by atoms with Crippen molar-refractivity contribution in [1.82, 2.24) is 19.5 Å². The lowest BCUT2D eigenvalue weighted by Gasteiger charge is -2.10. The van der Waals surface area contributed by atoms with Gasteiger partial charge in [-0.3, -0.25) is 4.98 Å². The van der Waals surface area contributed by atoms with E-state index >= 15 is 0 Å². The third kappa shape index (κ3) is 2.90. The van der Waals surface area contributed by atoms with Crippen molar-refractivity contribution in [1.29, 1.82) is 0 Å². The number of aryl methyl sites for hydroxylation is 3. The van der Waals surface area contributed by atoms with E-state index in [1.54, 1.807) is 0 Å². The minimum atomic E-state index is -0.142. The second kappa shape index (κ2) is 5.82. The van der Waals surface area contributed by atoms with Crippen molar-refractivity contribution in [3.8, 4) is 0 Å². The third-order valence-electron chi connectivity index (χ3n) is 3.48. The van der Waals surface area contributed by atoms with Crippen LogP contribution in [0.15, 0.2) is 36.8 Å². The van der Waals surface area contributed by atoms with Crippen molar-refractivity contribution in [2.24, 2.45) is 0 Å². The van der Waals surface area contributed by atoms with Gasteiger partial charge in [-0.2, -0.15) is 0 Å². The first-order chi connectivity index (χ1) is 10.1. The molecular weight excluding hydrogens is 284 g/mol. The summed E-state index contributed by atoms with van der Waals surface area (Å²) in [5, 5.41) is -0.142. The maximum Gasteiger partial charge on any atom is 0.160 e. The largest absolute Gasteiger partial charge is 0.311 e. The fourth-order valence-corrected chi connectivity index (χ4v) is 2.61. The number of hydrogen-bond donors (Lipinski definition) is 0. The highest BCUT2D eigenvalue weighted by molar-refractivity contribution is 6.20. The fourth-order valence-electron chi connectivity index (χ4n) is 2.44. The molecule has 5 heteroatoms. The van der Waals surface area contributed by atoms with Crippen LogP contribution in [0.4, 0.5) is 0 Å². The van der Waals surface area contributed by atoms with Crippen LogP contribution in [0.1, 0.15) is 29.3 Å². The zero-order valence-corrected chi connectivity index (χ0v) is 12.9. The van der Waals surface area contributed by atoms with Crippen LogP contribution >= 0.6 is 11.6 Å². The van der Waals surface area contributed by atoms with Gasteiger partial charge in [-0.05, 0) is 49.6 Å². The minimum absolute atomic E-state index is 0.142. The second-order valence-electron chi connectivity index (χ2n) is 5.20. The number of aromatic nitrogens is 4. The SMILES string of the molecule is Cc1cnc2c(c1)nc(C(C)Cl)n2CCc1ccncc1.